The summed E-state index contributed by atoms with van der Waals surface area (Å²) in [4.78, 5) is 22.8. The van der Waals surface area contributed by atoms with Gasteiger partial charge in [0.25, 0.3) is 11.5 Å². The highest BCUT2D eigenvalue weighted by Crippen LogP contribution is 2.30. The molecule has 2 N–H and O–H groups in total. The minimum absolute atomic E-state index is 0.136. The molecule has 0 aliphatic rings. The van der Waals surface area contributed by atoms with E-state index in [-0.39, 0.29) is 17.8 Å². The maximum Gasteiger partial charge on any atom is 0.271 e. The molecule has 7 heteroatoms. The van der Waals surface area contributed by atoms with E-state index in [0.29, 0.717) is 11.5 Å². The summed E-state index contributed by atoms with van der Waals surface area (Å²) in [6.07, 6.45) is 0. The van der Waals surface area contributed by atoms with Crippen LogP contribution < -0.4 is 20.3 Å². The summed E-state index contributed by atoms with van der Waals surface area (Å²) in [5.41, 5.74) is 0.548. The number of aromatic amines is 1. The van der Waals surface area contributed by atoms with Gasteiger partial charge in [0.2, 0.25) is 0 Å². The third-order valence-electron chi connectivity index (χ3n) is 2.84. The van der Waals surface area contributed by atoms with Crippen molar-refractivity contribution in [2.75, 3.05) is 14.2 Å². The summed E-state index contributed by atoms with van der Waals surface area (Å²) < 4.78 is 10.5. The van der Waals surface area contributed by atoms with Crippen LogP contribution in [0, 0.1) is 0 Å². The molecule has 0 bridgehead atoms. The number of carbonyl (C=O) groups is 1. The number of nitrogens with one attached hydrogen (secondary N) is 2. The molecule has 110 valence electrons. The van der Waals surface area contributed by atoms with Gasteiger partial charge in [-0.25, -0.2) is 5.10 Å². The molecular weight excluding hydrogens is 274 g/mol. The largest absolute Gasteiger partial charge is 0.493 e. The fraction of sp³-hybridized carbons (Fsp3) is 0.214. The predicted octanol–water partition coefficient (Wildman–Crippen LogP) is 0.717. The number of H-pyrrole nitrogens is 1. The maximum atomic E-state index is 11.9. The van der Waals surface area contributed by atoms with Crippen molar-refractivity contribution in [2.24, 2.45) is 0 Å². The Balaban J connectivity index is 2.11. The van der Waals surface area contributed by atoms with Gasteiger partial charge in [-0.3, -0.25) is 9.59 Å². The van der Waals surface area contributed by atoms with Gasteiger partial charge in [0.15, 0.2) is 11.5 Å². The van der Waals surface area contributed by atoms with Crippen LogP contribution in [0.3, 0.4) is 0 Å². The van der Waals surface area contributed by atoms with E-state index < -0.39 is 5.91 Å². The van der Waals surface area contributed by atoms with Crippen LogP contribution in [0.15, 0.2) is 35.1 Å². The SMILES string of the molecule is COc1cccc(CNC(=O)c2ccc(=O)[nH]n2)c1OC. The summed E-state index contributed by atoms with van der Waals surface area (Å²) in [7, 11) is 3.08. The number of aromatic nitrogens is 2. The van der Waals surface area contributed by atoms with E-state index >= 15 is 0 Å². The van der Waals surface area contributed by atoms with Crippen LogP contribution in [-0.4, -0.2) is 30.3 Å². The second-order valence-corrected chi connectivity index (χ2v) is 4.14. The van der Waals surface area contributed by atoms with Crippen LogP contribution in [0.25, 0.3) is 0 Å². The summed E-state index contributed by atoms with van der Waals surface area (Å²) in [6.45, 7) is 0.250. The van der Waals surface area contributed by atoms with Gasteiger partial charge in [0.1, 0.15) is 5.69 Å². The molecule has 1 amide bonds. The lowest BCUT2D eigenvalue weighted by molar-refractivity contribution is 0.0944. The first kappa shape index (κ1) is 14.6. The van der Waals surface area contributed by atoms with Gasteiger partial charge >= 0.3 is 0 Å². The van der Waals surface area contributed by atoms with E-state index in [1.807, 2.05) is 6.07 Å². The average Bonchev–Trinajstić information content (AvgIpc) is 2.52. The van der Waals surface area contributed by atoms with Crippen LogP contribution >= 0.6 is 0 Å². The molecule has 2 aromatic rings. The standard InChI is InChI=1S/C14H15N3O4/c1-20-11-5-3-4-9(13(11)21-2)8-15-14(19)10-6-7-12(18)17-16-10/h3-7H,8H2,1-2H3,(H,15,19)(H,17,18). The van der Waals surface area contributed by atoms with Crippen molar-refractivity contribution in [1.29, 1.82) is 0 Å². The first-order valence-corrected chi connectivity index (χ1v) is 6.19. The molecule has 0 saturated heterocycles. The molecule has 1 aromatic carbocycles. The van der Waals surface area contributed by atoms with Crippen LogP contribution in [-0.2, 0) is 6.54 Å². The number of benzene rings is 1. The van der Waals surface area contributed by atoms with E-state index in [1.54, 1.807) is 19.2 Å². The second kappa shape index (κ2) is 6.56. The van der Waals surface area contributed by atoms with E-state index in [2.05, 4.69) is 15.5 Å². The van der Waals surface area contributed by atoms with E-state index in [9.17, 15) is 9.59 Å². The zero-order valence-electron chi connectivity index (χ0n) is 11.7. The molecule has 7 nitrogen and oxygen atoms in total. The number of hydrogen-bond donors (Lipinski definition) is 2. The molecule has 0 atom stereocenters. The molecule has 0 aliphatic carbocycles. The Morgan fingerprint density at radius 3 is 2.67 bits per heavy atom. The Morgan fingerprint density at radius 1 is 1.24 bits per heavy atom. The zero-order chi connectivity index (χ0) is 15.2. The van der Waals surface area contributed by atoms with Crippen molar-refractivity contribution >= 4 is 5.91 Å². The van der Waals surface area contributed by atoms with Gasteiger partial charge in [0.05, 0.1) is 14.2 Å². The summed E-state index contributed by atoms with van der Waals surface area (Å²) in [5.74, 6) is 0.761. The van der Waals surface area contributed by atoms with Crippen LogP contribution in [0.2, 0.25) is 0 Å². The number of rotatable bonds is 5. The molecule has 0 radical (unpaired) electrons. The third kappa shape index (κ3) is 3.38. The van der Waals surface area contributed by atoms with Crippen molar-refractivity contribution in [3.63, 3.8) is 0 Å². The third-order valence-corrected chi connectivity index (χ3v) is 2.84. The topological polar surface area (TPSA) is 93.3 Å². The fourth-order valence-corrected chi connectivity index (χ4v) is 1.83. The Hall–Kier alpha value is -2.83. The second-order valence-electron chi connectivity index (χ2n) is 4.14. The normalized spacial score (nSPS) is 10.0. The minimum atomic E-state index is -0.392. The minimum Gasteiger partial charge on any atom is -0.493 e. The first-order valence-electron chi connectivity index (χ1n) is 6.19. The highest BCUT2D eigenvalue weighted by atomic mass is 16.5. The van der Waals surface area contributed by atoms with E-state index in [1.165, 1.54) is 19.2 Å². The fourth-order valence-electron chi connectivity index (χ4n) is 1.83. The number of hydrogen-bond acceptors (Lipinski definition) is 5. The summed E-state index contributed by atoms with van der Waals surface area (Å²) >= 11 is 0. The lowest BCUT2D eigenvalue weighted by Gasteiger charge is -2.12. The molecule has 0 spiro atoms. The molecular formula is C14H15N3O4. The van der Waals surface area contributed by atoms with Gasteiger partial charge in [0, 0.05) is 18.2 Å². The lowest BCUT2D eigenvalue weighted by atomic mass is 10.2. The number of para-hydroxylation sites is 1. The maximum absolute atomic E-state index is 11.9. The average molecular weight is 289 g/mol. The van der Waals surface area contributed by atoms with Gasteiger partial charge in [-0.05, 0) is 12.1 Å². The highest BCUT2D eigenvalue weighted by Gasteiger charge is 2.12. The van der Waals surface area contributed by atoms with Crippen LogP contribution in [0.4, 0.5) is 0 Å². The van der Waals surface area contributed by atoms with Crippen molar-refractivity contribution < 1.29 is 14.3 Å². The Bertz CT molecular complexity index is 676. The summed E-state index contributed by atoms with van der Waals surface area (Å²) in [5, 5.41) is 8.57. The van der Waals surface area contributed by atoms with Crippen molar-refractivity contribution in [3.8, 4) is 11.5 Å². The molecule has 0 unspecified atom stereocenters. The van der Waals surface area contributed by atoms with Crippen molar-refractivity contribution in [1.82, 2.24) is 15.5 Å². The Labute approximate surface area is 120 Å². The number of methoxy groups -OCH3 is 2. The van der Waals surface area contributed by atoms with Gasteiger partial charge in [-0.1, -0.05) is 12.1 Å². The van der Waals surface area contributed by atoms with Gasteiger partial charge < -0.3 is 14.8 Å². The molecule has 0 fully saturated rings. The van der Waals surface area contributed by atoms with Crippen molar-refractivity contribution in [3.05, 3.63) is 51.9 Å². The highest BCUT2D eigenvalue weighted by molar-refractivity contribution is 5.91. The molecule has 1 aromatic heterocycles. The molecule has 0 saturated carbocycles. The van der Waals surface area contributed by atoms with E-state index in [4.69, 9.17) is 9.47 Å². The summed E-state index contributed by atoms with van der Waals surface area (Å²) in [6, 6.07) is 8.00. The number of nitrogens with zero attached hydrogens (tertiary/aromatic N) is 1. The number of amides is 1. The monoisotopic (exact) mass is 289 g/mol. The van der Waals surface area contributed by atoms with Crippen molar-refractivity contribution in [2.45, 2.75) is 6.54 Å². The quantitative estimate of drug-likeness (QED) is 0.846. The van der Waals surface area contributed by atoms with Crippen LogP contribution in [0.5, 0.6) is 11.5 Å². The van der Waals surface area contributed by atoms with Gasteiger partial charge in [-0.15, -0.1) is 0 Å². The number of ether oxygens (including phenoxy) is 2. The Morgan fingerprint density at radius 2 is 2.05 bits per heavy atom. The van der Waals surface area contributed by atoms with E-state index in [0.717, 1.165) is 5.56 Å². The zero-order valence-corrected chi connectivity index (χ0v) is 11.7. The Kier molecular flexibility index (Phi) is 4.55. The molecule has 2 rings (SSSR count). The molecule has 21 heavy (non-hydrogen) atoms. The lowest BCUT2D eigenvalue weighted by Crippen LogP contribution is -2.25. The smallest absolute Gasteiger partial charge is 0.271 e. The predicted molar refractivity (Wildman–Crippen MR) is 75.6 cm³/mol. The number of carbonyl (C=O) groups excluding carboxylic acids is 1. The van der Waals surface area contributed by atoms with Gasteiger partial charge in [-0.2, -0.15) is 5.10 Å². The molecule has 0 aliphatic heterocycles. The molecule has 1 heterocycles. The first-order chi connectivity index (χ1) is 10.2. The van der Waals surface area contributed by atoms with Crippen LogP contribution in [0.1, 0.15) is 16.1 Å².